The van der Waals surface area contributed by atoms with Gasteiger partial charge in [0, 0.05) is 32.5 Å². The predicted molar refractivity (Wildman–Crippen MR) is 86.7 cm³/mol. The van der Waals surface area contributed by atoms with Crippen LogP contribution in [-0.2, 0) is 6.42 Å². The molecule has 0 atom stereocenters. The molecule has 0 aliphatic carbocycles. The Labute approximate surface area is 129 Å². The van der Waals surface area contributed by atoms with E-state index in [1.807, 2.05) is 37.2 Å². The standard InChI is InChI=1S/C17H19N3O2/c1-19(2)13-8-9-18-14(11-13)17(22)20-10-4-6-12-5-3-7-15(21)16(12)20/h3,5,7-9,11,21H,4,6,10H2,1-2H3. The van der Waals surface area contributed by atoms with Crippen LogP contribution in [0.3, 0.4) is 0 Å². The van der Waals surface area contributed by atoms with Crippen LogP contribution in [0.25, 0.3) is 0 Å². The molecule has 1 aromatic heterocycles. The van der Waals surface area contributed by atoms with Crippen molar-refractivity contribution in [3.63, 3.8) is 0 Å². The lowest BCUT2D eigenvalue weighted by Crippen LogP contribution is -2.36. The monoisotopic (exact) mass is 297 g/mol. The quantitative estimate of drug-likeness (QED) is 0.925. The third-order valence-corrected chi connectivity index (χ3v) is 3.92. The van der Waals surface area contributed by atoms with Crippen LogP contribution in [0.4, 0.5) is 11.4 Å². The number of hydrogen-bond donors (Lipinski definition) is 1. The summed E-state index contributed by atoms with van der Waals surface area (Å²) in [6.07, 6.45) is 3.40. The minimum absolute atomic E-state index is 0.148. The molecule has 2 aromatic rings. The Morgan fingerprint density at radius 3 is 2.91 bits per heavy atom. The number of fused-ring (bicyclic) bond motifs is 1. The van der Waals surface area contributed by atoms with Gasteiger partial charge in [-0.1, -0.05) is 12.1 Å². The third kappa shape index (κ3) is 2.50. The maximum absolute atomic E-state index is 12.8. The fourth-order valence-corrected chi connectivity index (χ4v) is 2.79. The minimum atomic E-state index is -0.175. The minimum Gasteiger partial charge on any atom is -0.506 e. The molecule has 114 valence electrons. The van der Waals surface area contributed by atoms with Crippen molar-refractivity contribution in [1.82, 2.24) is 4.98 Å². The molecule has 0 saturated carbocycles. The van der Waals surface area contributed by atoms with E-state index < -0.39 is 0 Å². The number of phenols is 1. The highest BCUT2D eigenvalue weighted by Crippen LogP contribution is 2.36. The first kappa shape index (κ1) is 14.4. The van der Waals surface area contributed by atoms with E-state index in [1.54, 1.807) is 23.2 Å². The van der Waals surface area contributed by atoms with Gasteiger partial charge in [0.2, 0.25) is 0 Å². The Balaban J connectivity index is 1.99. The zero-order chi connectivity index (χ0) is 15.7. The fourth-order valence-electron chi connectivity index (χ4n) is 2.79. The van der Waals surface area contributed by atoms with Gasteiger partial charge >= 0.3 is 0 Å². The van der Waals surface area contributed by atoms with Crippen molar-refractivity contribution in [1.29, 1.82) is 0 Å². The lowest BCUT2D eigenvalue weighted by molar-refractivity contribution is 0.0979. The largest absolute Gasteiger partial charge is 0.506 e. The van der Waals surface area contributed by atoms with Crippen LogP contribution in [-0.4, -0.2) is 36.6 Å². The van der Waals surface area contributed by atoms with Gasteiger partial charge < -0.3 is 14.9 Å². The van der Waals surface area contributed by atoms with Gasteiger partial charge in [0.25, 0.3) is 5.91 Å². The molecule has 5 nitrogen and oxygen atoms in total. The van der Waals surface area contributed by atoms with Crippen molar-refractivity contribution in [3.8, 4) is 5.75 Å². The number of carbonyl (C=O) groups is 1. The molecule has 2 heterocycles. The molecule has 1 aromatic carbocycles. The number of aromatic hydroxyl groups is 1. The summed E-state index contributed by atoms with van der Waals surface area (Å²) in [6, 6.07) is 9.02. The number of aromatic nitrogens is 1. The van der Waals surface area contributed by atoms with Gasteiger partial charge in [-0.3, -0.25) is 9.78 Å². The maximum atomic E-state index is 12.8. The first-order chi connectivity index (χ1) is 10.6. The molecular weight excluding hydrogens is 278 g/mol. The molecule has 3 rings (SSSR count). The number of benzene rings is 1. The summed E-state index contributed by atoms with van der Waals surface area (Å²) in [6.45, 7) is 0.595. The summed E-state index contributed by atoms with van der Waals surface area (Å²) in [7, 11) is 3.84. The van der Waals surface area contributed by atoms with Gasteiger partial charge in [-0.2, -0.15) is 0 Å². The van der Waals surface area contributed by atoms with Gasteiger partial charge in [0.1, 0.15) is 11.4 Å². The number of aryl methyl sites for hydroxylation is 1. The molecule has 0 unspecified atom stereocenters. The molecule has 1 aliphatic heterocycles. The van der Waals surface area contributed by atoms with Crippen molar-refractivity contribution in [2.24, 2.45) is 0 Å². The van der Waals surface area contributed by atoms with Crippen LogP contribution in [0.2, 0.25) is 0 Å². The SMILES string of the molecule is CN(C)c1ccnc(C(=O)N2CCCc3cccc(O)c32)c1. The van der Waals surface area contributed by atoms with E-state index in [1.165, 1.54) is 0 Å². The van der Waals surface area contributed by atoms with Crippen LogP contribution in [0.1, 0.15) is 22.5 Å². The fraction of sp³-hybridized carbons (Fsp3) is 0.294. The molecule has 1 N–H and O–H groups in total. The Hall–Kier alpha value is -2.56. The lowest BCUT2D eigenvalue weighted by Gasteiger charge is -2.30. The average molecular weight is 297 g/mol. The highest BCUT2D eigenvalue weighted by Gasteiger charge is 2.27. The van der Waals surface area contributed by atoms with E-state index in [0.29, 0.717) is 17.9 Å². The summed E-state index contributed by atoms with van der Waals surface area (Å²) < 4.78 is 0. The molecule has 0 spiro atoms. The second kappa shape index (κ2) is 5.67. The van der Waals surface area contributed by atoms with E-state index in [2.05, 4.69) is 4.98 Å². The van der Waals surface area contributed by atoms with Crippen molar-refractivity contribution < 1.29 is 9.90 Å². The van der Waals surface area contributed by atoms with Crippen LogP contribution >= 0.6 is 0 Å². The lowest BCUT2D eigenvalue weighted by atomic mass is 10.0. The van der Waals surface area contributed by atoms with Crippen LogP contribution < -0.4 is 9.80 Å². The van der Waals surface area contributed by atoms with Crippen LogP contribution in [0.15, 0.2) is 36.5 Å². The molecule has 5 heteroatoms. The first-order valence-electron chi connectivity index (χ1n) is 7.34. The number of nitrogens with zero attached hydrogens (tertiary/aromatic N) is 3. The van der Waals surface area contributed by atoms with Crippen molar-refractivity contribution in [3.05, 3.63) is 47.8 Å². The molecule has 1 amide bonds. The Morgan fingerprint density at radius 1 is 1.32 bits per heavy atom. The smallest absolute Gasteiger partial charge is 0.277 e. The molecule has 22 heavy (non-hydrogen) atoms. The van der Waals surface area contributed by atoms with Gasteiger partial charge in [-0.25, -0.2) is 0 Å². The van der Waals surface area contributed by atoms with Gasteiger partial charge in [-0.05, 0) is 36.6 Å². The zero-order valence-electron chi connectivity index (χ0n) is 12.8. The third-order valence-electron chi connectivity index (χ3n) is 3.92. The normalized spacial score (nSPS) is 13.6. The van der Waals surface area contributed by atoms with E-state index in [9.17, 15) is 9.90 Å². The molecule has 0 saturated heterocycles. The number of anilines is 2. The Kier molecular flexibility index (Phi) is 3.71. The number of carbonyl (C=O) groups excluding carboxylic acids is 1. The van der Waals surface area contributed by atoms with Gasteiger partial charge in [-0.15, -0.1) is 0 Å². The number of para-hydroxylation sites is 1. The second-order valence-electron chi connectivity index (χ2n) is 5.64. The predicted octanol–water partition coefficient (Wildman–Crippen LogP) is 2.45. The topological polar surface area (TPSA) is 56.7 Å². The van der Waals surface area contributed by atoms with Crippen LogP contribution in [0.5, 0.6) is 5.75 Å². The summed E-state index contributed by atoms with van der Waals surface area (Å²) in [5.41, 5.74) is 2.94. The van der Waals surface area contributed by atoms with E-state index in [4.69, 9.17) is 0 Å². The summed E-state index contributed by atoms with van der Waals surface area (Å²) >= 11 is 0. The van der Waals surface area contributed by atoms with Crippen molar-refractivity contribution >= 4 is 17.3 Å². The highest BCUT2D eigenvalue weighted by atomic mass is 16.3. The van der Waals surface area contributed by atoms with Gasteiger partial charge in [0.05, 0.1) is 5.69 Å². The zero-order valence-corrected chi connectivity index (χ0v) is 12.8. The maximum Gasteiger partial charge on any atom is 0.277 e. The highest BCUT2D eigenvalue weighted by molar-refractivity contribution is 6.06. The molecule has 0 radical (unpaired) electrons. The van der Waals surface area contributed by atoms with E-state index >= 15 is 0 Å². The Morgan fingerprint density at radius 2 is 2.14 bits per heavy atom. The average Bonchev–Trinajstić information content (AvgIpc) is 2.54. The number of rotatable bonds is 2. The van der Waals surface area contributed by atoms with E-state index in [0.717, 1.165) is 24.1 Å². The first-order valence-corrected chi connectivity index (χ1v) is 7.34. The molecule has 0 bridgehead atoms. The molecule has 1 aliphatic rings. The van der Waals surface area contributed by atoms with E-state index in [-0.39, 0.29) is 11.7 Å². The number of phenolic OH excluding ortho intramolecular Hbond substituents is 1. The van der Waals surface area contributed by atoms with Crippen molar-refractivity contribution in [2.75, 3.05) is 30.4 Å². The van der Waals surface area contributed by atoms with Gasteiger partial charge in [0.15, 0.2) is 0 Å². The van der Waals surface area contributed by atoms with Crippen LogP contribution in [0, 0.1) is 0 Å². The molecular formula is C17H19N3O2. The number of pyridine rings is 1. The Bertz CT molecular complexity index is 713. The number of hydrogen-bond acceptors (Lipinski definition) is 4. The summed E-state index contributed by atoms with van der Waals surface area (Å²) in [5.74, 6) is -0.0273. The molecule has 0 fully saturated rings. The number of amides is 1. The second-order valence-corrected chi connectivity index (χ2v) is 5.64. The summed E-state index contributed by atoms with van der Waals surface area (Å²) in [4.78, 5) is 20.6. The summed E-state index contributed by atoms with van der Waals surface area (Å²) in [5, 5.41) is 10.1. The van der Waals surface area contributed by atoms with Crippen molar-refractivity contribution in [2.45, 2.75) is 12.8 Å².